The molecule has 26 heavy (non-hydrogen) atoms. The summed E-state index contributed by atoms with van der Waals surface area (Å²) in [5.74, 6) is -0.626. The van der Waals surface area contributed by atoms with Gasteiger partial charge >= 0.3 is 0 Å². The van der Waals surface area contributed by atoms with Crippen LogP contribution in [0.3, 0.4) is 0 Å². The number of carbonyl (C=O) groups excluding carboxylic acids is 2. The van der Waals surface area contributed by atoms with Crippen molar-refractivity contribution in [1.82, 2.24) is 0 Å². The van der Waals surface area contributed by atoms with Crippen molar-refractivity contribution in [2.75, 3.05) is 9.91 Å². The van der Waals surface area contributed by atoms with E-state index < -0.39 is 12.1 Å². The summed E-state index contributed by atoms with van der Waals surface area (Å²) in [4.78, 5) is 27.0. The first kappa shape index (κ1) is 16.9. The van der Waals surface area contributed by atoms with Crippen molar-refractivity contribution in [3.63, 3.8) is 0 Å². The normalized spacial score (nSPS) is 21.7. The molecule has 0 aromatic heterocycles. The number of nitrogens with zero attached hydrogens (tertiary/aromatic N) is 4. The van der Waals surface area contributed by atoms with Crippen molar-refractivity contribution in [3.05, 3.63) is 58.1 Å². The van der Waals surface area contributed by atoms with E-state index in [1.54, 1.807) is 17.1 Å². The number of benzene rings is 2. The van der Waals surface area contributed by atoms with Crippen LogP contribution in [0.1, 0.15) is 18.1 Å². The fourth-order valence-corrected chi connectivity index (χ4v) is 3.53. The van der Waals surface area contributed by atoms with Crippen molar-refractivity contribution in [2.45, 2.75) is 32.4 Å². The molecule has 7 heteroatoms. The number of halogens is 1. The monoisotopic (exact) mass is 412 g/mol. The molecule has 2 heterocycles. The predicted molar refractivity (Wildman–Crippen MR) is 102 cm³/mol. The van der Waals surface area contributed by atoms with E-state index in [2.05, 4.69) is 33.2 Å². The minimum Gasteiger partial charge on any atom is -0.271 e. The first-order valence-corrected chi connectivity index (χ1v) is 9.23. The number of hydrogen-bond acceptors (Lipinski definition) is 5. The first-order chi connectivity index (χ1) is 12.5. The first-order valence-electron chi connectivity index (χ1n) is 8.44. The van der Waals surface area contributed by atoms with Gasteiger partial charge in [-0.3, -0.25) is 9.59 Å². The molecule has 2 amide bonds. The van der Waals surface area contributed by atoms with Crippen LogP contribution < -0.4 is 9.91 Å². The third kappa shape index (κ3) is 2.54. The SMILES string of the molecule is CCc1ccc(N2C(=O)C3N=NN(c4ccc(Br)c(C)c4)C3C2=O)cc1. The Labute approximate surface area is 159 Å². The van der Waals surface area contributed by atoms with Gasteiger partial charge in [-0.2, -0.15) is 5.11 Å². The quantitative estimate of drug-likeness (QED) is 0.719. The molecule has 0 radical (unpaired) electrons. The van der Waals surface area contributed by atoms with Gasteiger partial charge in [-0.1, -0.05) is 40.2 Å². The molecule has 0 saturated carbocycles. The zero-order valence-corrected chi connectivity index (χ0v) is 16.0. The second-order valence-corrected chi connectivity index (χ2v) is 7.26. The van der Waals surface area contributed by atoms with Crippen LogP contribution in [-0.2, 0) is 16.0 Å². The average Bonchev–Trinajstić information content (AvgIpc) is 3.18. The molecule has 1 saturated heterocycles. The van der Waals surface area contributed by atoms with Gasteiger partial charge in [0.1, 0.15) is 0 Å². The maximum Gasteiger partial charge on any atom is 0.263 e. The van der Waals surface area contributed by atoms with Crippen molar-refractivity contribution in [2.24, 2.45) is 10.3 Å². The van der Waals surface area contributed by atoms with E-state index in [9.17, 15) is 9.59 Å². The van der Waals surface area contributed by atoms with Crippen LogP contribution in [0.15, 0.2) is 57.3 Å². The topological polar surface area (TPSA) is 65.3 Å². The van der Waals surface area contributed by atoms with Gasteiger partial charge < -0.3 is 0 Å². The lowest BCUT2D eigenvalue weighted by Crippen LogP contribution is -2.39. The van der Waals surface area contributed by atoms with Gasteiger partial charge in [-0.25, -0.2) is 9.91 Å². The Balaban J connectivity index is 1.67. The molecule has 4 rings (SSSR count). The van der Waals surface area contributed by atoms with Gasteiger partial charge in [0.15, 0.2) is 12.1 Å². The van der Waals surface area contributed by atoms with Crippen molar-refractivity contribution in [3.8, 4) is 0 Å². The number of fused-ring (bicyclic) bond motifs is 1. The summed E-state index contributed by atoms with van der Waals surface area (Å²) in [5, 5.41) is 9.71. The summed E-state index contributed by atoms with van der Waals surface area (Å²) < 4.78 is 0.973. The molecule has 6 nitrogen and oxygen atoms in total. The van der Waals surface area contributed by atoms with Crippen LogP contribution in [0, 0.1) is 6.92 Å². The van der Waals surface area contributed by atoms with Crippen molar-refractivity contribution in [1.29, 1.82) is 0 Å². The van der Waals surface area contributed by atoms with E-state index in [1.807, 2.05) is 37.3 Å². The lowest BCUT2D eigenvalue weighted by molar-refractivity contribution is -0.121. The second-order valence-electron chi connectivity index (χ2n) is 6.40. The standard InChI is InChI=1S/C19H17BrN4O2/c1-3-12-4-6-13(7-5-12)23-18(25)16-17(19(23)26)24(22-21-16)14-8-9-15(20)11(2)10-14/h4-10,16-17H,3H2,1-2H3. The predicted octanol–water partition coefficient (Wildman–Crippen LogP) is 3.82. The van der Waals surface area contributed by atoms with E-state index in [1.165, 1.54) is 4.90 Å². The van der Waals surface area contributed by atoms with Gasteiger partial charge in [0.25, 0.3) is 11.8 Å². The molecular formula is C19H17BrN4O2. The van der Waals surface area contributed by atoms with Gasteiger partial charge in [0, 0.05) is 4.47 Å². The van der Waals surface area contributed by atoms with Crippen molar-refractivity contribution >= 4 is 39.1 Å². The molecule has 2 aromatic carbocycles. The van der Waals surface area contributed by atoms with Gasteiger partial charge in [-0.15, -0.1) is 0 Å². The van der Waals surface area contributed by atoms with E-state index in [0.29, 0.717) is 5.69 Å². The van der Waals surface area contributed by atoms with E-state index in [0.717, 1.165) is 27.7 Å². The zero-order chi connectivity index (χ0) is 18.4. The minimum absolute atomic E-state index is 0.296. The Morgan fingerprint density at radius 1 is 1.04 bits per heavy atom. The van der Waals surface area contributed by atoms with Crippen LogP contribution in [0.2, 0.25) is 0 Å². The molecule has 0 N–H and O–H groups in total. The third-order valence-corrected chi connectivity index (χ3v) is 5.68. The summed E-state index contributed by atoms with van der Waals surface area (Å²) in [6, 6.07) is 11.6. The van der Waals surface area contributed by atoms with Crippen LogP contribution in [-0.4, -0.2) is 23.9 Å². The molecule has 0 spiro atoms. The zero-order valence-electron chi connectivity index (χ0n) is 14.4. The Morgan fingerprint density at radius 2 is 1.73 bits per heavy atom. The summed E-state index contributed by atoms with van der Waals surface area (Å²) in [6.45, 7) is 4.02. The average molecular weight is 413 g/mol. The summed E-state index contributed by atoms with van der Waals surface area (Å²) >= 11 is 3.47. The van der Waals surface area contributed by atoms with Gasteiger partial charge in [0.05, 0.1) is 11.4 Å². The summed E-state index contributed by atoms with van der Waals surface area (Å²) in [5.41, 5.74) is 3.49. The summed E-state index contributed by atoms with van der Waals surface area (Å²) in [6.07, 6.45) is 0.901. The number of carbonyl (C=O) groups is 2. The fourth-order valence-electron chi connectivity index (χ4n) is 3.28. The molecule has 0 aliphatic carbocycles. The second kappa shape index (κ2) is 6.32. The largest absolute Gasteiger partial charge is 0.271 e. The number of rotatable bonds is 3. The van der Waals surface area contributed by atoms with Crippen LogP contribution in [0.4, 0.5) is 11.4 Å². The highest BCUT2D eigenvalue weighted by molar-refractivity contribution is 9.10. The highest BCUT2D eigenvalue weighted by Gasteiger charge is 2.55. The van der Waals surface area contributed by atoms with Crippen LogP contribution >= 0.6 is 15.9 Å². The lowest BCUT2D eigenvalue weighted by Gasteiger charge is -2.21. The Bertz CT molecular complexity index is 926. The van der Waals surface area contributed by atoms with E-state index in [-0.39, 0.29) is 11.8 Å². The van der Waals surface area contributed by atoms with Gasteiger partial charge in [-0.05, 0) is 54.8 Å². The molecule has 0 bridgehead atoms. The highest BCUT2D eigenvalue weighted by atomic mass is 79.9. The molecular weight excluding hydrogens is 396 g/mol. The Hall–Kier alpha value is -2.54. The fraction of sp³-hybridized carbons (Fsp3) is 0.263. The number of aryl methyl sites for hydroxylation is 2. The maximum absolute atomic E-state index is 13.0. The molecule has 2 atom stereocenters. The van der Waals surface area contributed by atoms with Crippen molar-refractivity contribution < 1.29 is 9.59 Å². The molecule has 2 unspecified atom stereocenters. The molecule has 1 fully saturated rings. The maximum atomic E-state index is 13.0. The number of hydrogen-bond donors (Lipinski definition) is 0. The lowest BCUT2D eigenvalue weighted by atomic mass is 10.1. The van der Waals surface area contributed by atoms with Gasteiger partial charge in [0.2, 0.25) is 0 Å². The molecule has 2 aliphatic heterocycles. The van der Waals surface area contributed by atoms with Crippen LogP contribution in [0.5, 0.6) is 0 Å². The third-order valence-electron chi connectivity index (χ3n) is 4.79. The van der Waals surface area contributed by atoms with Crippen LogP contribution in [0.25, 0.3) is 0 Å². The van der Waals surface area contributed by atoms with E-state index >= 15 is 0 Å². The highest BCUT2D eigenvalue weighted by Crippen LogP contribution is 2.36. The molecule has 2 aromatic rings. The van der Waals surface area contributed by atoms with E-state index in [4.69, 9.17) is 0 Å². The smallest absolute Gasteiger partial charge is 0.263 e. The Kier molecular flexibility index (Phi) is 4.11. The molecule has 2 aliphatic rings. The number of anilines is 2. The number of amides is 2. The minimum atomic E-state index is -0.794. The Morgan fingerprint density at radius 3 is 2.38 bits per heavy atom. The summed E-state index contributed by atoms with van der Waals surface area (Å²) in [7, 11) is 0. The number of imide groups is 1. The molecule has 132 valence electrons.